The van der Waals surface area contributed by atoms with Crippen LogP contribution in [0.3, 0.4) is 0 Å². The molecule has 21 heavy (non-hydrogen) atoms. The topological polar surface area (TPSA) is 39.7 Å². The van der Waals surface area contributed by atoms with E-state index in [0.29, 0.717) is 19.8 Å². The normalized spacial score (nSPS) is 20.4. The maximum atomic E-state index is 5.88. The lowest BCUT2D eigenvalue weighted by molar-refractivity contribution is -0.102. The fourth-order valence-corrected chi connectivity index (χ4v) is 2.57. The van der Waals surface area contributed by atoms with E-state index >= 15 is 0 Å². The van der Waals surface area contributed by atoms with Gasteiger partial charge in [0, 0.05) is 7.11 Å². The molecule has 0 amide bonds. The van der Waals surface area contributed by atoms with Gasteiger partial charge in [0.1, 0.15) is 6.10 Å². The van der Waals surface area contributed by atoms with E-state index in [9.17, 15) is 0 Å². The van der Waals surface area contributed by atoms with Crippen molar-refractivity contribution in [3.05, 3.63) is 35.4 Å². The molecule has 2 atom stereocenters. The molecule has 1 fully saturated rings. The Kier molecular flexibility index (Phi) is 7.16. The number of benzene rings is 1. The summed E-state index contributed by atoms with van der Waals surface area (Å²) in [5, 5.41) is 3.59. The molecule has 1 aromatic rings. The van der Waals surface area contributed by atoms with Crippen molar-refractivity contribution >= 4 is 0 Å². The third-order valence-electron chi connectivity index (χ3n) is 3.76. The molecule has 0 bridgehead atoms. The Morgan fingerprint density at radius 3 is 2.71 bits per heavy atom. The number of methoxy groups -OCH3 is 1. The zero-order chi connectivity index (χ0) is 14.9. The quantitative estimate of drug-likeness (QED) is 0.798. The molecule has 1 aliphatic heterocycles. The summed E-state index contributed by atoms with van der Waals surface area (Å²) >= 11 is 0. The third-order valence-corrected chi connectivity index (χ3v) is 3.76. The second-order valence-corrected chi connectivity index (χ2v) is 5.40. The fraction of sp³-hybridized carbons (Fsp3) is 0.647. The molecule has 1 N–H and O–H groups in total. The van der Waals surface area contributed by atoms with Gasteiger partial charge in [0.15, 0.2) is 0 Å². The van der Waals surface area contributed by atoms with Gasteiger partial charge in [-0.2, -0.15) is 0 Å². The summed E-state index contributed by atoms with van der Waals surface area (Å²) in [6.07, 6.45) is 2.15. The number of hydrogen-bond acceptors (Lipinski definition) is 4. The van der Waals surface area contributed by atoms with E-state index in [2.05, 4.69) is 36.5 Å². The molecule has 1 saturated heterocycles. The van der Waals surface area contributed by atoms with E-state index in [-0.39, 0.29) is 12.1 Å². The van der Waals surface area contributed by atoms with E-state index in [1.54, 1.807) is 7.11 Å². The van der Waals surface area contributed by atoms with E-state index in [1.165, 1.54) is 11.1 Å². The predicted molar refractivity (Wildman–Crippen MR) is 83.6 cm³/mol. The third kappa shape index (κ3) is 5.08. The summed E-state index contributed by atoms with van der Waals surface area (Å²) in [6, 6.07) is 8.94. The molecule has 0 spiro atoms. The minimum atomic E-state index is 0.0927. The van der Waals surface area contributed by atoms with E-state index in [1.807, 2.05) is 0 Å². The average Bonchev–Trinajstić information content (AvgIpc) is 2.55. The first-order valence-electron chi connectivity index (χ1n) is 7.85. The predicted octanol–water partition coefficient (Wildman–Crippen LogP) is 2.33. The van der Waals surface area contributed by atoms with E-state index < -0.39 is 0 Å². The van der Waals surface area contributed by atoms with E-state index in [0.717, 1.165) is 26.0 Å². The second kappa shape index (κ2) is 9.15. The number of nitrogens with one attached hydrogen (secondary N) is 1. The van der Waals surface area contributed by atoms with Gasteiger partial charge in [-0.25, -0.2) is 0 Å². The monoisotopic (exact) mass is 293 g/mol. The van der Waals surface area contributed by atoms with Gasteiger partial charge in [-0.1, -0.05) is 31.2 Å². The lowest BCUT2D eigenvalue weighted by atomic mass is 9.99. The van der Waals surface area contributed by atoms with Crippen LogP contribution in [0.25, 0.3) is 0 Å². The number of ether oxygens (including phenoxy) is 3. The summed E-state index contributed by atoms with van der Waals surface area (Å²) < 4.78 is 16.6. The maximum absolute atomic E-state index is 5.88. The Hall–Kier alpha value is -0.940. The average molecular weight is 293 g/mol. The Labute approximate surface area is 127 Å². The van der Waals surface area contributed by atoms with Gasteiger partial charge in [0.05, 0.1) is 32.5 Å². The molecule has 0 saturated carbocycles. The van der Waals surface area contributed by atoms with Gasteiger partial charge in [0.25, 0.3) is 0 Å². The fourth-order valence-electron chi connectivity index (χ4n) is 2.57. The molecule has 0 radical (unpaired) electrons. The highest BCUT2D eigenvalue weighted by Gasteiger charge is 2.26. The standard InChI is InChI=1S/C17H27NO3/c1-3-9-18-17(16-13-20-11-12-21-16)15-6-4-14(5-7-15)8-10-19-2/h4-7,16-18H,3,8-13H2,1-2H3. The van der Waals surface area contributed by atoms with Crippen LogP contribution >= 0.6 is 0 Å². The van der Waals surface area contributed by atoms with Crippen molar-refractivity contribution in [2.45, 2.75) is 31.9 Å². The van der Waals surface area contributed by atoms with Gasteiger partial charge in [-0.15, -0.1) is 0 Å². The molecule has 2 unspecified atom stereocenters. The zero-order valence-electron chi connectivity index (χ0n) is 13.1. The van der Waals surface area contributed by atoms with Gasteiger partial charge in [-0.3, -0.25) is 0 Å². The smallest absolute Gasteiger partial charge is 0.100 e. The molecule has 118 valence electrons. The zero-order valence-corrected chi connectivity index (χ0v) is 13.1. The largest absolute Gasteiger partial charge is 0.384 e. The van der Waals surface area contributed by atoms with Crippen LogP contribution in [-0.4, -0.2) is 46.2 Å². The molecule has 2 rings (SSSR count). The molecule has 1 aliphatic rings. The summed E-state index contributed by atoms with van der Waals surface area (Å²) in [5.74, 6) is 0. The first kappa shape index (κ1) is 16.4. The van der Waals surface area contributed by atoms with Gasteiger partial charge < -0.3 is 19.5 Å². The molecule has 1 heterocycles. The molecule has 4 heteroatoms. The summed E-state index contributed by atoms with van der Waals surface area (Å²) in [7, 11) is 1.74. The summed E-state index contributed by atoms with van der Waals surface area (Å²) in [4.78, 5) is 0. The van der Waals surface area contributed by atoms with Crippen LogP contribution in [0.5, 0.6) is 0 Å². The van der Waals surface area contributed by atoms with Crippen molar-refractivity contribution in [2.24, 2.45) is 0 Å². The van der Waals surface area contributed by atoms with Crippen molar-refractivity contribution in [2.75, 3.05) is 40.1 Å². The first-order chi connectivity index (χ1) is 10.3. The SMILES string of the molecule is CCCNC(c1ccc(CCOC)cc1)C1COCCO1. The Morgan fingerprint density at radius 2 is 2.10 bits per heavy atom. The van der Waals surface area contributed by atoms with Gasteiger partial charge in [-0.05, 0) is 30.5 Å². The number of hydrogen-bond donors (Lipinski definition) is 1. The van der Waals surface area contributed by atoms with Crippen LogP contribution in [0.2, 0.25) is 0 Å². The van der Waals surface area contributed by atoms with Crippen LogP contribution in [-0.2, 0) is 20.6 Å². The van der Waals surface area contributed by atoms with Crippen LogP contribution in [0.15, 0.2) is 24.3 Å². The minimum Gasteiger partial charge on any atom is -0.384 e. The Morgan fingerprint density at radius 1 is 1.29 bits per heavy atom. The molecular weight excluding hydrogens is 266 g/mol. The van der Waals surface area contributed by atoms with Crippen LogP contribution in [0.1, 0.15) is 30.5 Å². The Balaban J connectivity index is 2.04. The van der Waals surface area contributed by atoms with Gasteiger partial charge in [0.2, 0.25) is 0 Å². The first-order valence-corrected chi connectivity index (χ1v) is 7.85. The highest BCUT2D eigenvalue weighted by molar-refractivity contribution is 5.26. The molecule has 4 nitrogen and oxygen atoms in total. The minimum absolute atomic E-state index is 0.0927. The maximum Gasteiger partial charge on any atom is 0.100 e. The van der Waals surface area contributed by atoms with Crippen molar-refractivity contribution < 1.29 is 14.2 Å². The Bertz CT molecular complexity index is 388. The summed E-state index contributed by atoms with van der Waals surface area (Å²) in [6.45, 7) is 5.96. The van der Waals surface area contributed by atoms with Crippen molar-refractivity contribution in [1.82, 2.24) is 5.32 Å². The summed E-state index contributed by atoms with van der Waals surface area (Å²) in [5.41, 5.74) is 2.57. The van der Waals surface area contributed by atoms with Crippen molar-refractivity contribution in [1.29, 1.82) is 0 Å². The highest BCUT2D eigenvalue weighted by Crippen LogP contribution is 2.22. The highest BCUT2D eigenvalue weighted by atomic mass is 16.6. The van der Waals surface area contributed by atoms with Crippen LogP contribution < -0.4 is 5.32 Å². The molecule has 0 aromatic heterocycles. The lowest BCUT2D eigenvalue weighted by Gasteiger charge is -2.31. The lowest BCUT2D eigenvalue weighted by Crippen LogP contribution is -2.40. The van der Waals surface area contributed by atoms with E-state index in [4.69, 9.17) is 14.2 Å². The van der Waals surface area contributed by atoms with Crippen LogP contribution in [0, 0.1) is 0 Å². The van der Waals surface area contributed by atoms with Crippen molar-refractivity contribution in [3.63, 3.8) is 0 Å². The van der Waals surface area contributed by atoms with Crippen molar-refractivity contribution in [3.8, 4) is 0 Å². The molecular formula is C17H27NO3. The van der Waals surface area contributed by atoms with Crippen LogP contribution in [0.4, 0.5) is 0 Å². The number of rotatable bonds is 8. The second-order valence-electron chi connectivity index (χ2n) is 5.40. The molecule has 0 aliphatic carbocycles. The molecule has 1 aromatic carbocycles. The van der Waals surface area contributed by atoms with Gasteiger partial charge >= 0.3 is 0 Å².